The molecule has 0 aliphatic rings. The standard InChI is InChI=1S/C24H26N2O3/c1-2-3-4-5-6-8-13-19-14-11-12-17-21(19)23(20-15-9-7-10-16-20)22(18-25)24(27)29-26-28/h7,9-12,14-17H,2-6,8,13H2,1H3/b23-22+. The van der Waals surface area contributed by atoms with E-state index in [0.717, 1.165) is 30.4 Å². The molecule has 0 bridgehead atoms. The first-order valence-electron chi connectivity index (χ1n) is 10.0. The smallest absolute Gasteiger partial charge is 0.278 e. The number of benzene rings is 2. The van der Waals surface area contributed by atoms with E-state index in [-0.39, 0.29) is 5.57 Å². The Bertz CT molecular complexity index is 882. The molecule has 29 heavy (non-hydrogen) atoms. The average molecular weight is 390 g/mol. The molecule has 0 amide bonds. The molecule has 5 nitrogen and oxygen atoms in total. The van der Waals surface area contributed by atoms with Crippen LogP contribution in [0.2, 0.25) is 0 Å². The Kier molecular flexibility index (Phi) is 9.31. The lowest BCUT2D eigenvalue weighted by Gasteiger charge is -2.15. The third-order valence-corrected chi connectivity index (χ3v) is 4.83. The summed E-state index contributed by atoms with van der Waals surface area (Å²) in [6.07, 6.45) is 7.95. The van der Waals surface area contributed by atoms with Gasteiger partial charge in [-0.1, -0.05) is 93.6 Å². The van der Waals surface area contributed by atoms with Gasteiger partial charge in [-0.25, -0.2) is 4.79 Å². The molecule has 0 radical (unpaired) electrons. The van der Waals surface area contributed by atoms with Crippen molar-refractivity contribution in [1.82, 2.24) is 0 Å². The van der Waals surface area contributed by atoms with Crippen LogP contribution in [0.3, 0.4) is 0 Å². The van der Waals surface area contributed by atoms with E-state index in [4.69, 9.17) is 0 Å². The second-order valence-corrected chi connectivity index (χ2v) is 6.86. The maximum absolute atomic E-state index is 12.2. The predicted molar refractivity (Wildman–Crippen MR) is 113 cm³/mol. The highest BCUT2D eigenvalue weighted by Crippen LogP contribution is 2.31. The van der Waals surface area contributed by atoms with Gasteiger partial charge in [0.2, 0.25) is 0 Å². The van der Waals surface area contributed by atoms with Crippen molar-refractivity contribution in [2.75, 3.05) is 0 Å². The number of hydrogen-bond donors (Lipinski definition) is 0. The summed E-state index contributed by atoms with van der Waals surface area (Å²) in [6, 6.07) is 18.8. The van der Waals surface area contributed by atoms with Crippen LogP contribution < -0.4 is 0 Å². The van der Waals surface area contributed by atoms with Gasteiger partial charge in [-0.15, -0.1) is 4.91 Å². The second kappa shape index (κ2) is 12.2. The number of nitriles is 1. The van der Waals surface area contributed by atoms with Gasteiger partial charge in [-0.05, 0) is 29.5 Å². The first kappa shape index (κ1) is 22.0. The molecule has 2 aromatic rings. The number of nitrogens with zero attached hydrogens (tertiary/aromatic N) is 2. The van der Waals surface area contributed by atoms with Crippen LogP contribution in [0.25, 0.3) is 5.57 Å². The molecule has 0 saturated carbocycles. The monoisotopic (exact) mass is 390 g/mol. The highest BCUT2D eigenvalue weighted by Gasteiger charge is 2.22. The molecule has 0 fully saturated rings. The van der Waals surface area contributed by atoms with E-state index in [1.54, 1.807) is 0 Å². The zero-order valence-electron chi connectivity index (χ0n) is 16.8. The van der Waals surface area contributed by atoms with Crippen molar-refractivity contribution in [1.29, 1.82) is 5.26 Å². The Hall–Kier alpha value is -3.26. The molecule has 0 aliphatic carbocycles. The van der Waals surface area contributed by atoms with E-state index in [2.05, 4.69) is 17.1 Å². The summed E-state index contributed by atoms with van der Waals surface area (Å²) in [5.74, 6) is -1.05. The van der Waals surface area contributed by atoms with Crippen molar-refractivity contribution in [2.45, 2.75) is 51.9 Å². The fraction of sp³-hybridized carbons (Fsp3) is 0.333. The molecule has 0 saturated heterocycles. The summed E-state index contributed by atoms with van der Waals surface area (Å²) in [6.45, 7) is 2.20. The molecular weight excluding hydrogens is 364 g/mol. The van der Waals surface area contributed by atoms with E-state index >= 15 is 0 Å². The van der Waals surface area contributed by atoms with Crippen LogP contribution in [0.4, 0.5) is 0 Å². The molecule has 2 rings (SSSR count). The number of aryl methyl sites for hydroxylation is 1. The zero-order chi connectivity index (χ0) is 20.9. The van der Waals surface area contributed by atoms with Crippen LogP contribution in [0.1, 0.15) is 62.1 Å². The Morgan fingerprint density at radius 2 is 1.62 bits per heavy atom. The second-order valence-electron chi connectivity index (χ2n) is 6.86. The van der Waals surface area contributed by atoms with Crippen molar-refractivity contribution >= 4 is 11.5 Å². The van der Waals surface area contributed by atoms with Crippen molar-refractivity contribution < 1.29 is 9.63 Å². The van der Waals surface area contributed by atoms with Gasteiger partial charge >= 0.3 is 5.97 Å². The quantitative estimate of drug-likeness (QED) is 0.152. The lowest BCUT2D eigenvalue weighted by Crippen LogP contribution is -2.08. The van der Waals surface area contributed by atoms with E-state index in [1.807, 2.05) is 60.7 Å². The number of rotatable bonds is 11. The molecule has 0 spiro atoms. The van der Waals surface area contributed by atoms with Gasteiger partial charge in [-0.3, -0.25) is 4.84 Å². The summed E-state index contributed by atoms with van der Waals surface area (Å²) in [4.78, 5) is 26.9. The zero-order valence-corrected chi connectivity index (χ0v) is 16.8. The number of carbonyl (C=O) groups is 1. The molecule has 5 heteroatoms. The van der Waals surface area contributed by atoms with Crippen LogP contribution >= 0.6 is 0 Å². The maximum atomic E-state index is 12.2. The van der Waals surface area contributed by atoms with Crippen molar-refractivity contribution in [2.24, 2.45) is 5.34 Å². The normalized spacial score (nSPS) is 11.3. The van der Waals surface area contributed by atoms with Gasteiger partial charge in [0.15, 0.2) is 5.34 Å². The first-order valence-corrected chi connectivity index (χ1v) is 10.0. The Balaban J connectivity index is 2.41. The van der Waals surface area contributed by atoms with Gasteiger partial charge in [-0.2, -0.15) is 5.26 Å². The van der Waals surface area contributed by atoms with Crippen LogP contribution in [0, 0.1) is 16.2 Å². The minimum absolute atomic E-state index is 0.230. The van der Waals surface area contributed by atoms with Crippen LogP contribution in [0.15, 0.2) is 65.5 Å². The summed E-state index contributed by atoms with van der Waals surface area (Å²) in [5, 5.41) is 11.8. The summed E-state index contributed by atoms with van der Waals surface area (Å²) >= 11 is 0. The minimum atomic E-state index is -1.05. The molecule has 0 atom stereocenters. The van der Waals surface area contributed by atoms with E-state index in [0.29, 0.717) is 11.1 Å². The van der Waals surface area contributed by atoms with Crippen molar-refractivity contribution in [3.63, 3.8) is 0 Å². The van der Waals surface area contributed by atoms with Gasteiger partial charge in [0.1, 0.15) is 11.6 Å². The third kappa shape index (κ3) is 6.39. The lowest BCUT2D eigenvalue weighted by molar-refractivity contribution is -0.138. The molecule has 0 heterocycles. The van der Waals surface area contributed by atoms with Gasteiger partial charge in [0, 0.05) is 5.57 Å². The van der Waals surface area contributed by atoms with E-state index in [1.165, 1.54) is 25.7 Å². The number of hydrogen-bond acceptors (Lipinski definition) is 5. The number of unbranched alkanes of at least 4 members (excludes halogenated alkanes) is 5. The number of carbonyl (C=O) groups excluding carboxylic acids is 1. The Morgan fingerprint density at radius 3 is 2.31 bits per heavy atom. The fourth-order valence-electron chi connectivity index (χ4n) is 3.40. The van der Waals surface area contributed by atoms with Crippen molar-refractivity contribution in [3.8, 4) is 6.07 Å². The van der Waals surface area contributed by atoms with Gasteiger partial charge < -0.3 is 0 Å². The van der Waals surface area contributed by atoms with Gasteiger partial charge in [0.25, 0.3) is 0 Å². The predicted octanol–water partition coefficient (Wildman–Crippen LogP) is 6.14. The fourth-order valence-corrected chi connectivity index (χ4v) is 3.40. The molecule has 0 aliphatic heterocycles. The highest BCUT2D eigenvalue weighted by molar-refractivity contribution is 6.05. The van der Waals surface area contributed by atoms with Crippen LogP contribution in [-0.4, -0.2) is 5.97 Å². The van der Waals surface area contributed by atoms with Crippen molar-refractivity contribution in [3.05, 3.63) is 81.8 Å². The molecule has 0 aromatic heterocycles. The highest BCUT2D eigenvalue weighted by atomic mass is 16.7. The molecule has 2 aromatic carbocycles. The van der Waals surface area contributed by atoms with Gasteiger partial charge in [0.05, 0.1) is 0 Å². The maximum Gasteiger partial charge on any atom is 0.380 e. The minimum Gasteiger partial charge on any atom is -0.278 e. The Labute approximate surface area is 171 Å². The van der Waals surface area contributed by atoms with Crippen LogP contribution in [0.5, 0.6) is 0 Å². The molecule has 0 N–H and O–H groups in total. The molecular formula is C24H26N2O3. The lowest BCUT2D eigenvalue weighted by atomic mass is 9.88. The summed E-state index contributed by atoms with van der Waals surface area (Å²) in [7, 11) is 0. The van der Waals surface area contributed by atoms with E-state index in [9.17, 15) is 15.0 Å². The van der Waals surface area contributed by atoms with Crippen LogP contribution in [-0.2, 0) is 16.1 Å². The SMILES string of the molecule is CCCCCCCCc1ccccc1/C(=C(\C#N)C(=O)ON=O)c1ccccc1. The third-order valence-electron chi connectivity index (χ3n) is 4.83. The molecule has 150 valence electrons. The molecule has 0 unspecified atom stereocenters. The summed E-state index contributed by atoms with van der Waals surface area (Å²) < 4.78 is 0. The first-order chi connectivity index (χ1) is 14.2. The average Bonchev–Trinajstić information content (AvgIpc) is 2.75. The largest absolute Gasteiger partial charge is 0.380 e. The Morgan fingerprint density at radius 1 is 0.966 bits per heavy atom. The summed E-state index contributed by atoms with van der Waals surface area (Å²) in [5.41, 5.74) is 2.80. The topological polar surface area (TPSA) is 79.5 Å². The van der Waals surface area contributed by atoms with E-state index < -0.39 is 5.97 Å².